The Bertz CT molecular complexity index is 500. The molecule has 5 heteroatoms. The van der Waals surface area contributed by atoms with Gasteiger partial charge < -0.3 is 9.67 Å². The second-order valence-corrected chi connectivity index (χ2v) is 4.09. The summed E-state index contributed by atoms with van der Waals surface area (Å²) in [6.45, 7) is 6.79. The maximum absolute atomic E-state index is 9.91. The number of hydrogen-bond donors (Lipinski definition) is 1. The van der Waals surface area contributed by atoms with Crippen molar-refractivity contribution in [2.24, 2.45) is 0 Å². The molecule has 0 fully saturated rings. The van der Waals surface area contributed by atoms with E-state index in [1.807, 2.05) is 30.7 Å². The largest absolute Gasteiger partial charge is 0.372 e. The van der Waals surface area contributed by atoms with Crippen molar-refractivity contribution in [2.45, 2.75) is 40.0 Å². The highest BCUT2D eigenvalue weighted by atomic mass is 16.3. The lowest BCUT2D eigenvalue weighted by atomic mass is 10.3. The quantitative estimate of drug-likeness (QED) is 0.880. The van der Waals surface area contributed by atoms with E-state index in [1.165, 1.54) is 0 Å². The molecule has 0 saturated carbocycles. The molecule has 0 saturated heterocycles. The Morgan fingerprint density at radius 1 is 1.41 bits per heavy atom. The Hall–Kier alpha value is -1.62. The van der Waals surface area contributed by atoms with Crippen molar-refractivity contribution in [3.8, 4) is 11.4 Å². The van der Waals surface area contributed by atoms with E-state index in [1.54, 1.807) is 11.0 Å². The second kappa shape index (κ2) is 4.71. The van der Waals surface area contributed by atoms with Gasteiger partial charge in [0.2, 0.25) is 0 Å². The predicted octanol–water partition coefficient (Wildman–Crippen LogP) is 1.98. The molecule has 1 atom stereocenters. The molecule has 2 heterocycles. The lowest BCUT2D eigenvalue weighted by Gasteiger charge is -2.11. The summed E-state index contributed by atoms with van der Waals surface area (Å²) >= 11 is 0. The third-order valence-electron chi connectivity index (χ3n) is 2.77. The van der Waals surface area contributed by atoms with Crippen molar-refractivity contribution in [1.82, 2.24) is 19.3 Å². The first-order valence-electron chi connectivity index (χ1n) is 5.92. The van der Waals surface area contributed by atoms with Crippen molar-refractivity contribution >= 4 is 0 Å². The minimum absolute atomic E-state index is 0.592. The summed E-state index contributed by atoms with van der Waals surface area (Å²) in [7, 11) is 0. The highest BCUT2D eigenvalue weighted by Crippen LogP contribution is 2.22. The molecule has 0 spiro atoms. The minimum atomic E-state index is -0.592. The van der Waals surface area contributed by atoms with Gasteiger partial charge in [-0.05, 0) is 26.3 Å². The fourth-order valence-corrected chi connectivity index (χ4v) is 1.77. The molecule has 2 aromatic heterocycles. The number of aliphatic hydroxyl groups excluding tert-OH is 1. The van der Waals surface area contributed by atoms with Crippen LogP contribution in [0.5, 0.6) is 0 Å². The monoisotopic (exact) mass is 234 g/mol. The zero-order chi connectivity index (χ0) is 12.4. The summed E-state index contributed by atoms with van der Waals surface area (Å²) < 4.78 is 3.64. The van der Waals surface area contributed by atoms with E-state index in [4.69, 9.17) is 0 Å². The number of aromatic nitrogens is 4. The van der Waals surface area contributed by atoms with Crippen LogP contribution in [0, 0.1) is 6.92 Å². The third-order valence-corrected chi connectivity index (χ3v) is 2.77. The molecule has 17 heavy (non-hydrogen) atoms. The van der Waals surface area contributed by atoms with Crippen LogP contribution < -0.4 is 0 Å². The SMILES string of the molecule is CCC(O)n1nc(C)cc1-c1cn(CC)cn1. The van der Waals surface area contributed by atoms with Gasteiger partial charge in [0.05, 0.1) is 17.7 Å². The van der Waals surface area contributed by atoms with Gasteiger partial charge in [0.25, 0.3) is 0 Å². The Labute approximate surface area is 101 Å². The average molecular weight is 234 g/mol. The van der Waals surface area contributed by atoms with E-state index in [2.05, 4.69) is 17.0 Å². The van der Waals surface area contributed by atoms with E-state index >= 15 is 0 Å². The van der Waals surface area contributed by atoms with Gasteiger partial charge in [-0.1, -0.05) is 6.92 Å². The van der Waals surface area contributed by atoms with Crippen LogP contribution in [0.25, 0.3) is 11.4 Å². The summed E-state index contributed by atoms with van der Waals surface area (Å²) in [6, 6.07) is 1.95. The second-order valence-electron chi connectivity index (χ2n) is 4.09. The van der Waals surface area contributed by atoms with Crippen molar-refractivity contribution < 1.29 is 5.11 Å². The molecule has 1 unspecified atom stereocenters. The number of aryl methyl sites for hydroxylation is 2. The number of rotatable bonds is 4. The molecule has 1 N–H and O–H groups in total. The molecule has 5 nitrogen and oxygen atoms in total. The smallest absolute Gasteiger partial charge is 0.147 e. The average Bonchev–Trinajstić information content (AvgIpc) is 2.93. The molecule has 0 amide bonds. The maximum Gasteiger partial charge on any atom is 0.147 e. The van der Waals surface area contributed by atoms with Crippen LogP contribution in [0.3, 0.4) is 0 Å². The van der Waals surface area contributed by atoms with Crippen LogP contribution in [-0.4, -0.2) is 24.4 Å². The molecule has 0 aliphatic heterocycles. The van der Waals surface area contributed by atoms with Gasteiger partial charge in [0.1, 0.15) is 11.9 Å². The maximum atomic E-state index is 9.91. The fraction of sp³-hybridized carbons (Fsp3) is 0.500. The molecule has 2 rings (SSSR count). The predicted molar refractivity (Wildman–Crippen MR) is 65.4 cm³/mol. The highest BCUT2D eigenvalue weighted by Gasteiger charge is 2.15. The van der Waals surface area contributed by atoms with Crippen molar-refractivity contribution in [3.63, 3.8) is 0 Å². The number of imidazole rings is 1. The van der Waals surface area contributed by atoms with Crippen molar-refractivity contribution in [2.75, 3.05) is 0 Å². The van der Waals surface area contributed by atoms with Crippen LogP contribution in [0.15, 0.2) is 18.6 Å². The van der Waals surface area contributed by atoms with Gasteiger partial charge in [-0.3, -0.25) is 0 Å². The number of nitrogens with zero attached hydrogens (tertiary/aromatic N) is 4. The number of hydrogen-bond acceptors (Lipinski definition) is 3. The summed E-state index contributed by atoms with van der Waals surface area (Å²) in [5.41, 5.74) is 2.60. The van der Waals surface area contributed by atoms with Crippen molar-refractivity contribution in [1.29, 1.82) is 0 Å². The van der Waals surface area contributed by atoms with Gasteiger partial charge in [0, 0.05) is 12.7 Å². The first kappa shape index (κ1) is 11.9. The van der Waals surface area contributed by atoms with Gasteiger partial charge >= 0.3 is 0 Å². The topological polar surface area (TPSA) is 55.9 Å². The van der Waals surface area contributed by atoms with E-state index in [0.29, 0.717) is 6.42 Å². The standard InChI is InChI=1S/C12H18N4O/c1-4-12(17)16-11(6-9(3)14-16)10-7-15(5-2)8-13-10/h6-8,12,17H,4-5H2,1-3H3. The summed E-state index contributed by atoms with van der Waals surface area (Å²) in [5, 5.41) is 14.2. The van der Waals surface area contributed by atoms with Gasteiger partial charge in [-0.15, -0.1) is 0 Å². The van der Waals surface area contributed by atoms with E-state index in [0.717, 1.165) is 23.6 Å². The number of aliphatic hydroxyl groups is 1. The first-order chi connectivity index (χ1) is 8.15. The van der Waals surface area contributed by atoms with Crippen LogP contribution in [0.2, 0.25) is 0 Å². The summed E-state index contributed by atoms with van der Waals surface area (Å²) in [5.74, 6) is 0. The van der Waals surface area contributed by atoms with E-state index in [-0.39, 0.29) is 0 Å². The summed E-state index contributed by atoms with van der Waals surface area (Å²) in [4.78, 5) is 4.34. The molecule has 0 radical (unpaired) electrons. The van der Waals surface area contributed by atoms with Crippen molar-refractivity contribution in [3.05, 3.63) is 24.3 Å². The van der Waals surface area contributed by atoms with Gasteiger partial charge in [-0.2, -0.15) is 5.10 Å². The first-order valence-corrected chi connectivity index (χ1v) is 5.92. The van der Waals surface area contributed by atoms with Crippen LogP contribution >= 0.6 is 0 Å². The zero-order valence-corrected chi connectivity index (χ0v) is 10.5. The van der Waals surface area contributed by atoms with E-state index < -0.39 is 6.23 Å². The molecule has 0 aliphatic carbocycles. The molecule has 2 aromatic rings. The molecule has 92 valence electrons. The minimum Gasteiger partial charge on any atom is -0.372 e. The van der Waals surface area contributed by atoms with Crippen LogP contribution in [-0.2, 0) is 6.54 Å². The summed E-state index contributed by atoms with van der Waals surface area (Å²) in [6.07, 6.45) is 3.80. The van der Waals surface area contributed by atoms with Crippen LogP contribution in [0.1, 0.15) is 32.2 Å². The molecule has 0 aliphatic rings. The van der Waals surface area contributed by atoms with Gasteiger partial charge in [-0.25, -0.2) is 9.67 Å². The molecule has 0 bridgehead atoms. The molecular formula is C12H18N4O. The molecular weight excluding hydrogens is 216 g/mol. The third kappa shape index (κ3) is 2.24. The fourth-order valence-electron chi connectivity index (χ4n) is 1.77. The Morgan fingerprint density at radius 2 is 2.18 bits per heavy atom. The zero-order valence-electron chi connectivity index (χ0n) is 10.5. The lowest BCUT2D eigenvalue weighted by Crippen LogP contribution is -2.10. The Kier molecular flexibility index (Phi) is 3.28. The Balaban J connectivity index is 2.43. The highest BCUT2D eigenvalue weighted by molar-refractivity contribution is 5.54. The lowest BCUT2D eigenvalue weighted by molar-refractivity contribution is 0.0882. The van der Waals surface area contributed by atoms with Gasteiger partial charge in [0.15, 0.2) is 0 Å². The van der Waals surface area contributed by atoms with Crippen LogP contribution in [0.4, 0.5) is 0 Å². The Morgan fingerprint density at radius 3 is 2.76 bits per heavy atom. The normalized spacial score (nSPS) is 12.9. The van der Waals surface area contributed by atoms with E-state index in [9.17, 15) is 5.11 Å². The molecule has 0 aromatic carbocycles.